The molecule has 4 N–H and O–H groups in total. The Labute approximate surface area is 125 Å². The third kappa shape index (κ3) is 4.37. The molecular formula is C13H23N5O2S. The van der Waals surface area contributed by atoms with Crippen molar-refractivity contribution in [2.45, 2.75) is 37.1 Å². The molecule has 1 atom stereocenters. The third-order valence-corrected chi connectivity index (χ3v) is 5.16. The maximum atomic E-state index is 12.4. The Morgan fingerprint density at radius 3 is 2.76 bits per heavy atom. The summed E-state index contributed by atoms with van der Waals surface area (Å²) in [6.07, 6.45) is 5.12. The number of hydrogen-bond acceptors (Lipinski definition) is 6. The van der Waals surface area contributed by atoms with Crippen molar-refractivity contribution in [3.63, 3.8) is 0 Å². The highest BCUT2D eigenvalue weighted by atomic mass is 32.2. The second-order valence-corrected chi connectivity index (χ2v) is 7.06. The number of piperidine rings is 1. The molecule has 1 aliphatic rings. The van der Waals surface area contributed by atoms with Crippen LogP contribution in [0, 0.1) is 0 Å². The fraction of sp³-hybridized carbons (Fsp3) is 0.615. The van der Waals surface area contributed by atoms with Crippen molar-refractivity contribution in [2.24, 2.45) is 5.84 Å². The summed E-state index contributed by atoms with van der Waals surface area (Å²) in [5.41, 5.74) is 2.32. The Balaban J connectivity index is 2.02. The molecule has 1 unspecified atom stereocenters. The molecule has 0 bridgehead atoms. The lowest BCUT2D eigenvalue weighted by molar-refractivity contribution is 0.215. The Hall–Kier alpha value is -1.22. The molecule has 1 saturated heterocycles. The molecule has 1 fully saturated rings. The summed E-state index contributed by atoms with van der Waals surface area (Å²) in [7, 11) is -3.63. The maximum Gasteiger partial charge on any atom is 0.244 e. The number of pyridine rings is 1. The van der Waals surface area contributed by atoms with E-state index in [4.69, 9.17) is 5.84 Å². The van der Waals surface area contributed by atoms with Crippen LogP contribution < -0.4 is 16.0 Å². The average Bonchev–Trinajstić information content (AvgIpc) is 2.47. The van der Waals surface area contributed by atoms with Gasteiger partial charge in [-0.3, -0.25) is 0 Å². The average molecular weight is 313 g/mol. The normalized spacial score (nSPS) is 18.4. The smallest absolute Gasteiger partial charge is 0.244 e. The molecule has 118 valence electrons. The van der Waals surface area contributed by atoms with Crippen LogP contribution in [-0.2, 0) is 10.0 Å². The first-order chi connectivity index (χ1) is 10.0. The number of anilines is 1. The fourth-order valence-electron chi connectivity index (χ4n) is 2.61. The molecule has 21 heavy (non-hydrogen) atoms. The second-order valence-electron chi connectivity index (χ2n) is 5.38. The Morgan fingerprint density at radius 1 is 1.38 bits per heavy atom. The van der Waals surface area contributed by atoms with Crippen molar-refractivity contribution >= 4 is 15.8 Å². The van der Waals surface area contributed by atoms with Crippen LogP contribution in [0.5, 0.6) is 0 Å². The number of nitrogens with zero attached hydrogens (tertiary/aromatic N) is 2. The summed E-state index contributed by atoms with van der Waals surface area (Å²) in [6.45, 7) is 4.66. The predicted octanol–water partition coefficient (Wildman–Crippen LogP) is 0.520. The molecule has 1 aliphatic heterocycles. The first kappa shape index (κ1) is 16.2. The van der Waals surface area contributed by atoms with Crippen LogP contribution in [-0.4, -0.2) is 44.0 Å². The highest BCUT2D eigenvalue weighted by Crippen LogP contribution is 2.17. The van der Waals surface area contributed by atoms with E-state index in [1.807, 2.05) is 6.92 Å². The van der Waals surface area contributed by atoms with Crippen molar-refractivity contribution in [3.8, 4) is 0 Å². The van der Waals surface area contributed by atoms with Crippen LogP contribution in [0.4, 0.5) is 5.82 Å². The zero-order chi connectivity index (χ0) is 15.3. The van der Waals surface area contributed by atoms with Crippen molar-refractivity contribution in [3.05, 3.63) is 18.3 Å². The quantitative estimate of drug-likeness (QED) is 0.523. The lowest BCUT2D eigenvalue weighted by Gasteiger charge is -2.29. The summed E-state index contributed by atoms with van der Waals surface area (Å²) in [4.78, 5) is 6.28. The number of nitrogens with one attached hydrogen (secondary N) is 2. The van der Waals surface area contributed by atoms with E-state index in [0.29, 0.717) is 6.54 Å². The largest absolute Gasteiger partial charge is 0.307 e. The first-order valence-electron chi connectivity index (χ1n) is 7.19. The van der Waals surface area contributed by atoms with Crippen molar-refractivity contribution in [1.82, 2.24) is 14.6 Å². The maximum absolute atomic E-state index is 12.4. The summed E-state index contributed by atoms with van der Waals surface area (Å²) in [5.74, 6) is 5.46. The second kappa shape index (κ2) is 7.17. The highest BCUT2D eigenvalue weighted by molar-refractivity contribution is 7.89. The highest BCUT2D eigenvalue weighted by Gasteiger charge is 2.23. The van der Waals surface area contributed by atoms with Gasteiger partial charge in [0, 0.05) is 18.8 Å². The van der Waals surface area contributed by atoms with Gasteiger partial charge in [0.1, 0.15) is 4.90 Å². The number of nitrogen functional groups attached to an aromatic ring is 1. The molecule has 2 heterocycles. The van der Waals surface area contributed by atoms with E-state index in [9.17, 15) is 8.42 Å². The third-order valence-electron chi connectivity index (χ3n) is 3.53. The van der Waals surface area contributed by atoms with Crippen LogP contribution in [0.1, 0.15) is 26.2 Å². The number of sulfonamides is 1. The number of aromatic nitrogens is 1. The van der Waals surface area contributed by atoms with Crippen molar-refractivity contribution in [2.75, 3.05) is 25.1 Å². The van der Waals surface area contributed by atoms with E-state index in [1.54, 1.807) is 6.07 Å². The topological polar surface area (TPSA) is 100 Å². The molecule has 0 radical (unpaired) electrons. The molecule has 0 aromatic carbocycles. The molecule has 0 saturated carbocycles. The van der Waals surface area contributed by atoms with Crippen LogP contribution in [0.25, 0.3) is 0 Å². The minimum Gasteiger partial charge on any atom is -0.307 e. The summed E-state index contributed by atoms with van der Waals surface area (Å²) >= 11 is 0. The lowest BCUT2D eigenvalue weighted by atomic mass is 10.1. The summed E-state index contributed by atoms with van der Waals surface area (Å²) in [5, 5.41) is 0. The minimum absolute atomic E-state index is 0.0676. The van der Waals surface area contributed by atoms with Crippen LogP contribution in [0.2, 0.25) is 0 Å². The van der Waals surface area contributed by atoms with Crippen molar-refractivity contribution < 1.29 is 8.42 Å². The summed E-state index contributed by atoms with van der Waals surface area (Å²) in [6, 6.07) is 2.89. The Bertz CT molecular complexity index is 557. The van der Waals surface area contributed by atoms with Gasteiger partial charge < -0.3 is 10.3 Å². The number of hydrogen-bond donors (Lipinski definition) is 3. The molecule has 0 spiro atoms. The van der Waals surface area contributed by atoms with Gasteiger partial charge in [0.2, 0.25) is 10.0 Å². The summed E-state index contributed by atoms with van der Waals surface area (Å²) < 4.78 is 27.5. The van der Waals surface area contributed by atoms with Crippen molar-refractivity contribution in [1.29, 1.82) is 0 Å². The minimum atomic E-state index is -3.63. The van der Waals surface area contributed by atoms with Crippen LogP contribution in [0.3, 0.4) is 0 Å². The van der Waals surface area contributed by atoms with Gasteiger partial charge >= 0.3 is 0 Å². The Kier molecular flexibility index (Phi) is 5.51. The number of rotatable bonds is 6. The van der Waals surface area contributed by atoms with Gasteiger partial charge in [-0.1, -0.05) is 6.42 Å². The molecule has 0 aliphatic carbocycles. The van der Waals surface area contributed by atoms with Gasteiger partial charge in [0.25, 0.3) is 0 Å². The van der Waals surface area contributed by atoms with Gasteiger partial charge in [-0.25, -0.2) is 24.0 Å². The SMILES string of the molecule is CC(CN1CCCCC1)NS(=O)(=O)c1cccnc1NN. The molecule has 1 aromatic heterocycles. The monoisotopic (exact) mass is 313 g/mol. The molecule has 1 aromatic rings. The predicted molar refractivity (Wildman–Crippen MR) is 82.1 cm³/mol. The standard InChI is InChI=1S/C13H23N5O2S/c1-11(10-18-8-3-2-4-9-18)17-21(19,20)12-6-5-7-15-13(12)16-14/h5-7,11,17H,2-4,8-10,14H2,1H3,(H,15,16). The van der Waals surface area contributed by atoms with E-state index >= 15 is 0 Å². The molecular weight excluding hydrogens is 290 g/mol. The lowest BCUT2D eigenvalue weighted by Crippen LogP contribution is -2.43. The Morgan fingerprint density at radius 2 is 2.10 bits per heavy atom. The van der Waals surface area contributed by atoms with E-state index in [0.717, 1.165) is 13.1 Å². The molecule has 7 nitrogen and oxygen atoms in total. The molecule has 8 heteroatoms. The van der Waals surface area contributed by atoms with Gasteiger partial charge in [0.05, 0.1) is 0 Å². The molecule has 2 rings (SSSR count). The zero-order valence-electron chi connectivity index (χ0n) is 12.2. The van der Waals surface area contributed by atoms with E-state index < -0.39 is 10.0 Å². The number of nitrogens with two attached hydrogens (primary N) is 1. The van der Waals surface area contributed by atoms with Gasteiger partial charge in [-0.2, -0.15) is 0 Å². The van der Waals surface area contributed by atoms with Gasteiger partial charge in [0.15, 0.2) is 5.82 Å². The van der Waals surface area contributed by atoms with Gasteiger partial charge in [-0.05, 0) is 45.0 Å². The van der Waals surface area contributed by atoms with E-state index in [2.05, 4.69) is 20.0 Å². The number of hydrazine groups is 1. The zero-order valence-corrected chi connectivity index (χ0v) is 13.1. The van der Waals surface area contributed by atoms with Gasteiger partial charge in [-0.15, -0.1) is 0 Å². The molecule has 0 amide bonds. The first-order valence-corrected chi connectivity index (χ1v) is 8.67. The van der Waals surface area contributed by atoms with Crippen LogP contribution in [0.15, 0.2) is 23.2 Å². The fourth-order valence-corrected chi connectivity index (χ4v) is 3.97. The van der Waals surface area contributed by atoms with E-state index in [1.165, 1.54) is 31.5 Å². The number of likely N-dealkylation sites (tertiary alicyclic amines) is 1. The van der Waals surface area contributed by atoms with E-state index in [-0.39, 0.29) is 16.8 Å². The van der Waals surface area contributed by atoms with Crippen LogP contribution >= 0.6 is 0 Å².